The molecular formula is C22H16F6O2Zr. The maximum atomic E-state index is 12.1. The summed E-state index contributed by atoms with van der Waals surface area (Å²) in [4.78, 5) is 0. The van der Waals surface area contributed by atoms with Crippen LogP contribution in [0.3, 0.4) is 0 Å². The molecule has 0 radical (unpaired) electrons. The Morgan fingerprint density at radius 1 is 0.581 bits per heavy atom. The van der Waals surface area contributed by atoms with Crippen LogP contribution in [-0.2, 0) is 26.2 Å². The summed E-state index contributed by atoms with van der Waals surface area (Å²) in [5.41, 5.74) is 0. The van der Waals surface area contributed by atoms with Crippen molar-refractivity contribution in [1.29, 1.82) is 0 Å². The molecule has 0 saturated heterocycles. The van der Waals surface area contributed by atoms with Gasteiger partial charge in [-0.1, -0.05) is 0 Å². The maximum Gasteiger partial charge on any atom is 2.00 e. The molecule has 9 heteroatoms. The predicted molar refractivity (Wildman–Crippen MR) is 99.1 cm³/mol. The monoisotopic (exact) mass is 516 g/mol. The van der Waals surface area contributed by atoms with Crippen molar-refractivity contribution in [3.05, 3.63) is 108 Å². The van der Waals surface area contributed by atoms with E-state index >= 15 is 0 Å². The van der Waals surface area contributed by atoms with Gasteiger partial charge in [-0.05, 0) is 24.3 Å². The van der Waals surface area contributed by atoms with Crippen molar-refractivity contribution in [3.8, 4) is 11.5 Å². The summed E-state index contributed by atoms with van der Waals surface area (Å²) >= 11 is 0. The Bertz CT molecular complexity index is 804. The van der Waals surface area contributed by atoms with Gasteiger partial charge in [-0.2, -0.15) is 20.9 Å². The third kappa shape index (κ3) is 10.4. The van der Waals surface area contributed by atoms with Crippen molar-refractivity contribution in [1.82, 2.24) is 0 Å². The van der Waals surface area contributed by atoms with Gasteiger partial charge in [0, 0.05) is 0 Å². The Kier molecular flexibility index (Phi) is 14.0. The van der Waals surface area contributed by atoms with E-state index in [2.05, 4.69) is 24.3 Å². The molecular weight excluding hydrogens is 501 g/mol. The van der Waals surface area contributed by atoms with E-state index in [1.54, 1.807) is 0 Å². The molecule has 0 bridgehead atoms. The van der Waals surface area contributed by atoms with Crippen molar-refractivity contribution in [2.45, 2.75) is 12.8 Å². The number of rotatable bonds is 0. The predicted octanol–water partition coefficient (Wildman–Crippen LogP) is 6.23. The molecule has 0 heterocycles. The van der Waals surface area contributed by atoms with E-state index in [4.69, 9.17) is 10.2 Å². The molecule has 0 unspecified atom stereocenters. The Balaban J connectivity index is 0.000000401. The molecule has 2 aliphatic carbocycles. The van der Waals surface area contributed by atoms with Gasteiger partial charge in [0.05, 0.1) is 0 Å². The Morgan fingerprint density at radius 3 is 1.10 bits per heavy atom. The fourth-order valence-corrected chi connectivity index (χ4v) is 1.71. The quantitative estimate of drug-likeness (QED) is 0.247. The van der Waals surface area contributed by atoms with E-state index in [0.717, 1.165) is 12.8 Å². The number of benzene rings is 2. The number of halogens is 6. The van der Waals surface area contributed by atoms with Gasteiger partial charge in [0.2, 0.25) is 11.6 Å². The third-order valence-corrected chi connectivity index (χ3v) is 3.21. The van der Waals surface area contributed by atoms with Crippen molar-refractivity contribution in [3.63, 3.8) is 0 Å². The number of phenols is 2. The van der Waals surface area contributed by atoms with Gasteiger partial charge in [0.25, 0.3) is 0 Å². The van der Waals surface area contributed by atoms with E-state index in [9.17, 15) is 26.3 Å². The van der Waals surface area contributed by atoms with Crippen LogP contribution in [-0.4, -0.2) is 10.2 Å². The van der Waals surface area contributed by atoms with Crippen molar-refractivity contribution in [2.75, 3.05) is 0 Å². The number of phenolic OH excluding ortho intramolecular Hbond substituents is 2. The van der Waals surface area contributed by atoms with Crippen LogP contribution in [0.1, 0.15) is 12.8 Å². The van der Waals surface area contributed by atoms with Gasteiger partial charge < -0.3 is 10.2 Å². The Labute approximate surface area is 194 Å². The van der Waals surface area contributed by atoms with Crippen LogP contribution in [0.25, 0.3) is 0 Å². The minimum absolute atomic E-state index is 0. The first-order valence-electron chi connectivity index (χ1n) is 8.34. The van der Waals surface area contributed by atoms with Crippen LogP contribution < -0.4 is 0 Å². The second-order valence-electron chi connectivity index (χ2n) is 5.39. The molecule has 31 heavy (non-hydrogen) atoms. The number of aromatic hydroxyl groups is 2. The van der Waals surface area contributed by atoms with E-state index in [1.807, 2.05) is 24.3 Å². The van der Waals surface area contributed by atoms with Gasteiger partial charge >= 0.3 is 26.2 Å². The largest absolute Gasteiger partial charge is 2.00 e. The summed E-state index contributed by atoms with van der Waals surface area (Å²) in [6.07, 6.45) is 20.0. The normalized spacial score (nSPS) is 12.1. The van der Waals surface area contributed by atoms with E-state index in [0.29, 0.717) is 24.3 Å². The van der Waals surface area contributed by atoms with Gasteiger partial charge in [-0.15, -0.1) is 12.8 Å². The van der Waals surface area contributed by atoms with Gasteiger partial charge in [0.1, 0.15) is 0 Å². The maximum absolute atomic E-state index is 12.1. The van der Waals surface area contributed by atoms with Crippen LogP contribution in [0.15, 0.2) is 60.7 Å². The zero-order chi connectivity index (χ0) is 22.5. The molecule has 2 aromatic carbocycles. The fraction of sp³-hybridized carbons (Fsp3) is 0.0909. The first-order valence-corrected chi connectivity index (χ1v) is 8.34. The molecule has 0 amide bonds. The van der Waals surface area contributed by atoms with Crippen molar-refractivity contribution in [2.24, 2.45) is 0 Å². The first kappa shape index (κ1) is 28.5. The Morgan fingerprint density at radius 2 is 0.903 bits per heavy atom. The molecule has 0 atom stereocenters. The standard InChI is InChI=1S/2C6H3F3O.2C5H5.Zr/c2*7-3-1-2-4(8)6(10)5(3)9;2*1-2-4-5-3-1;/h2*1-2,10H;2*1-3H,4H2;/q;;2*-1;+2. The van der Waals surface area contributed by atoms with E-state index < -0.39 is 46.4 Å². The number of hydrogen-bond acceptors (Lipinski definition) is 2. The molecule has 2 nitrogen and oxygen atoms in total. The minimum atomic E-state index is -1.56. The van der Waals surface area contributed by atoms with Crippen LogP contribution in [0.5, 0.6) is 11.5 Å². The zero-order valence-electron chi connectivity index (χ0n) is 15.8. The molecule has 4 rings (SSSR count). The fourth-order valence-electron chi connectivity index (χ4n) is 1.71. The van der Waals surface area contributed by atoms with Gasteiger partial charge in [0.15, 0.2) is 34.8 Å². The summed E-state index contributed by atoms with van der Waals surface area (Å²) in [5, 5.41) is 16.8. The number of allylic oxidation sites excluding steroid dienone is 8. The van der Waals surface area contributed by atoms with Crippen molar-refractivity contribution < 1.29 is 62.8 Å². The topological polar surface area (TPSA) is 40.5 Å². The summed E-state index contributed by atoms with van der Waals surface area (Å²) in [6.45, 7) is 0. The summed E-state index contributed by atoms with van der Waals surface area (Å²) < 4.78 is 72.6. The first-order chi connectivity index (χ1) is 14.3. The second-order valence-corrected chi connectivity index (χ2v) is 5.39. The molecule has 0 aliphatic heterocycles. The van der Waals surface area contributed by atoms with Crippen LogP contribution in [0, 0.1) is 47.1 Å². The minimum Gasteiger partial charge on any atom is -0.503 e. The third-order valence-electron chi connectivity index (χ3n) is 3.21. The van der Waals surface area contributed by atoms with Crippen LogP contribution >= 0.6 is 0 Å². The SMILES string of the molecule is Oc1c(F)ccc(F)c1F.Oc1c(F)ccc(F)c1F.[C-]1=CC=CC1.[C-]1=CC=CC1.[Zr+2]. The second kappa shape index (κ2) is 15.3. The van der Waals surface area contributed by atoms with Crippen molar-refractivity contribution >= 4 is 0 Å². The van der Waals surface area contributed by atoms with Crippen LogP contribution in [0.4, 0.5) is 26.3 Å². The summed E-state index contributed by atoms with van der Waals surface area (Å²) in [7, 11) is 0. The molecule has 0 aromatic heterocycles. The molecule has 0 saturated carbocycles. The molecule has 0 fully saturated rings. The molecule has 2 N–H and O–H groups in total. The summed E-state index contributed by atoms with van der Waals surface area (Å²) in [5.74, 6) is -10.5. The zero-order valence-corrected chi connectivity index (χ0v) is 18.3. The molecule has 0 spiro atoms. The average Bonchev–Trinajstić information content (AvgIpc) is 3.50. The van der Waals surface area contributed by atoms with E-state index in [-0.39, 0.29) is 26.2 Å². The summed E-state index contributed by atoms with van der Waals surface area (Å²) in [6, 6.07) is 2.50. The average molecular weight is 518 g/mol. The smallest absolute Gasteiger partial charge is 0.503 e. The number of hydrogen-bond donors (Lipinski definition) is 2. The Hall–Kier alpha value is -2.54. The molecule has 2 aliphatic rings. The van der Waals surface area contributed by atoms with Gasteiger partial charge in [-0.3, -0.25) is 12.2 Å². The molecule has 162 valence electrons. The molecule has 2 aromatic rings. The van der Waals surface area contributed by atoms with E-state index in [1.165, 1.54) is 0 Å². The van der Waals surface area contributed by atoms with Gasteiger partial charge in [-0.25, -0.2) is 41.9 Å². The van der Waals surface area contributed by atoms with Crippen LogP contribution in [0.2, 0.25) is 0 Å².